The molecule has 0 amide bonds. The van der Waals surface area contributed by atoms with Crippen molar-refractivity contribution in [2.75, 3.05) is 0 Å². The minimum atomic E-state index is -5.03. The topological polar surface area (TPSA) is 9.23 Å². The maximum atomic E-state index is 12.2. The Balaban J connectivity index is 4.23. The lowest BCUT2D eigenvalue weighted by atomic mass is 10.7. The third kappa shape index (κ3) is 2.31. The summed E-state index contributed by atoms with van der Waals surface area (Å²) in [4.78, 5) is 0. The highest BCUT2D eigenvalue weighted by molar-refractivity contribution is 14.1. The monoisotopic (exact) mass is 270 g/mol. The average Bonchev–Trinajstić information content (AvgIpc) is 1.61. The summed E-state index contributed by atoms with van der Waals surface area (Å²) in [7, 11) is 0. The molecule has 0 fully saturated rings. The van der Waals surface area contributed by atoms with Crippen LogP contribution < -0.4 is 0 Å². The maximum absolute atomic E-state index is 12.2. The number of halogens is 5. The van der Waals surface area contributed by atoms with Crippen LogP contribution in [0.15, 0.2) is 12.8 Å². The van der Waals surface area contributed by atoms with Crippen molar-refractivity contribution in [1.29, 1.82) is 0 Å². The Hall–Kier alpha value is -0.0100. The third-order valence-electron chi connectivity index (χ3n) is 0.561. The van der Waals surface area contributed by atoms with E-state index < -0.39 is 10.0 Å². The van der Waals surface area contributed by atoms with Gasteiger partial charge in [0.05, 0.1) is 6.26 Å². The van der Waals surface area contributed by atoms with Crippen LogP contribution in [0.1, 0.15) is 0 Å². The lowest BCUT2D eigenvalue weighted by molar-refractivity contribution is -0.258. The van der Waals surface area contributed by atoms with Crippen molar-refractivity contribution in [2.45, 2.75) is 10.0 Å². The van der Waals surface area contributed by atoms with Crippen LogP contribution in [0.4, 0.5) is 17.6 Å². The molecular weight excluding hydrogens is 267 g/mol. The fourth-order valence-corrected chi connectivity index (χ4v) is 0.351. The summed E-state index contributed by atoms with van der Waals surface area (Å²) < 4.78 is 46.5. The Morgan fingerprint density at radius 3 is 1.80 bits per heavy atom. The average molecular weight is 270 g/mol. The summed E-state index contributed by atoms with van der Waals surface area (Å²) in [6, 6.07) is 0. The smallest absolute Gasteiger partial charge is 0.451 e. The van der Waals surface area contributed by atoms with Crippen molar-refractivity contribution < 1.29 is 22.3 Å². The van der Waals surface area contributed by atoms with Gasteiger partial charge in [0.25, 0.3) is 0 Å². The van der Waals surface area contributed by atoms with E-state index in [9.17, 15) is 17.6 Å². The van der Waals surface area contributed by atoms with Gasteiger partial charge in [-0.2, -0.15) is 17.6 Å². The first-order valence-electron chi connectivity index (χ1n) is 2.04. The normalized spacial score (nSPS) is 17.7. The molecule has 0 radical (unpaired) electrons. The Bertz CT molecular complexity index is 130. The molecule has 0 rings (SSSR count). The summed E-state index contributed by atoms with van der Waals surface area (Å²) in [5, 5.41) is 0. The highest BCUT2D eigenvalue weighted by atomic mass is 127. The Labute approximate surface area is 68.2 Å². The Morgan fingerprint density at radius 2 is 1.70 bits per heavy atom. The Kier molecular flexibility index (Phi) is 2.93. The highest BCUT2D eigenvalue weighted by Crippen LogP contribution is 2.40. The van der Waals surface area contributed by atoms with Gasteiger partial charge in [-0.05, 0) is 0 Å². The van der Waals surface area contributed by atoms with Crippen molar-refractivity contribution in [3.8, 4) is 0 Å². The Morgan fingerprint density at radius 1 is 1.30 bits per heavy atom. The number of hydrogen-bond donors (Lipinski definition) is 0. The van der Waals surface area contributed by atoms with Crippen LogP contribution in [0, 0.1) is 0 Å². The fraction of sp³-hybridized carbons (Fsp3) is 0.500. The molecular formula is C4H3F4IO. The van der Waals surface area contributed by atoms with Crippen molar-refractivity contribution in [3.05, 3.63) is 12.8 Å². The second kappa shape index (κ2) is 2.93. The second-order valence-corrected chi connectivity index (χ2v) is 2.69. The standard InChI is InChI=1S/C4H3F4IO/c1-2-10-4(8,9)3(5,6)7/h2H,1H2. The molecule has 0 saturated heterocycles. The molecule has 10 heavy (non-hydrogen) atoms. The van der Waals surface area contributed by atoms with Crippen LogP contribution in [0.2, 0.25) is 0 Å². The van der Waals surface area contributed by atoms with E-state index in [4.69, 9.17) is 0 Å². The molecule has 0 aliphatic carbocycles. The molecule has 0 aromatic carbocycles. The molecule has 1 atom stereocenters. The van der Waals surface area contributed by atoms with Crippen LogP contribution in [0.25, 0.3) is 0 Å². The van der Waals surface area contributed by atoms with Crippen LogP contribution in [0.3, 0.4) is 0 Å². The van der Waals surface area contributed by atoms with Gasteiger partial charge in [-0.15, -0.1) is 0 Å². The quantitative estimate of drug-likeness (QED) is 0.324. The van der Waals surface area contributed by atoms with E-state index in [1.807, 2.05) is 0 Å². The van der Waals surface area contributed by atoms with Gasteiger partial charge in [-0.3, -0.25) is 0 Å². The molecule has 0 aromatic rings. The molecule has 1 nitrogen and oxygen atoms in total. The summed E-state index contributed by atoms with van der Waals surface area (Å²) in [5.41, 5.74) is 0. The van der Waals surface area contributed by atoms with Crippen molar-refractivity contribution in [1.82, 2.24) is 0 Å². The van der Waals surface area contributed by atoms with E-state index in [0.717, 1.165) is 0 Å². The van der Waals surface area contributed by atoms with E-state index in [2.05, 4.69) is 11.3 Å². The van der Waals surface area contributed by atoms with Gasteiger partial charge in [-0.25, -0.2) is 0 Å². The summed E-state index contributed by atoms with van der Waals surface area (Å²) >= 11 is 0.497. The summed E-state index contributed by atoms with van der Waals surface area (Å²) in [5.74, 6) is 0. The predicted molar refractivity (Wildman–Crippen MR) is 35.2 cm³/mol. The van der Waals surface area contributed by atoms with Gasteiger partial charge >= 0.3 is 10.0 Å². The number of hydrogen-bond acceptors (Lipinski definition) is 1. The van der Waals surface area contributed by atoms with Gasteiger partial charge in [0, 0.05) is 22.6 Å². The highest BCUT2D eigenvalue weighted by Gasteiger charge is 2.56. The van der Waals surface area contributed by atoms with Gasteiger partial charge in [-0.1, -0.05) is 6.58 Å². The van der Waals surface area contributed by atoms with Crippen LogP contribution in [-0.2, 0) is 4.74 Å². The molecule has 1 unspecified atom stereocenters. The summed E-state index contributed by atoms with van der Waals surface area (Å²) in [6.45, 7) is 2.79. The maximum Gasteiger partial charge on any atom is 0.471 e. The molecule has 0 saturated carbocycles. The first-order valence-corrected chi connectivity index (χ1v) is 3.12. The van der Waals surface area contributed by atoms with E-state index in [-0.39, 0.29) is 0 Å². The van der Waals surface area contributed by atoms with Gasteiger partial charge in [0.1, 0.15) is 0 Å². The van der Waals surface area contributed by atoms with Crippen LogP contribution >= 0.6 is 22.6 Å². The van der Waals surface area contributed by atoms with Gasteiger partial charge < -0.3 is 4.74 Å². The minimum Gasteiger partial charge on any atom is -0.451 e. The summed E-state index contributed by atoms with van der Waals surface area (Å²) in [6.07, 6.45) is -4.62. The molecule has 0 spiro atoms. The zero-order valence-corrected chi connectivity index (χ0v) is 6.74. The molecule has 0 aliphatic rings. The van der Waals surface area contributed by atoms with Crippen molar-refractivity contribution in [2.24, 2.45) is 0 Å². The number of rotatable bonds is 2. The third-order valence-corrected chi connectivity index (χ3v) is 1.43. The van der Waals surface area contributed by atoms with Gasteiger partial charge in [0.15, 0.2) is 0 Å². The molecule has 0 aromatic heterocycles. The molecule has 60 valence electrons. The van der Waals surface area contributed by atoms with Crippen molar-refractivity contribution >= 4 is 22.6 Å². The zero-order chi connectivity index (χ0) is 8.41. The minimum absolute atomic E-state index is 0.403. The van der Waals surface area contributed by atoms with Gasteiger partial charge in [0.2, 0.25) is 0 Å². The molecule has 0 N–H and O–H groups in total. The molecule has 6 heteroatoms. The van der Waals surface area contributed by atoms with E-state index >= 15 is 0 Å². The molecule has 0 bridgehead atoms. The van der Waals surface area contributed by atoms with E-state index in [1.54, 1.807) is 0 Å². The lowest BCUT2D eigenvalue weighted by Gasteiger charge is -2.19. The first-order chi connectivity index (χ1) is 4.31. The lowest BCUT2D eigenvalue weighted by Crippen LogP contribution is -2.35. The predicted octanol–water partition coefficient (Wildman–Crippen LogP) is 2.77. The SMILES string of the molecule is C=COC(F)(I)C(F)(F)F. The second-order valence-electron chi connectivity index (χ2n) is 1.30. The fourth-order valence-electron chi connectivity index (χ4n) is 0.171. The van der Waals surface area contributed by atoms with E-state index in [0.29, 0.717) is 28.9 Å². The van der Waals surface area contributed by atoms with E-state index in [1.165, 1.54) is 0 Å². The van der Waals surface area contributed by atoms with Crippen LogP contribution in [-0.4, -0.2) is 10.0 Å². The first kappa shape index (κ1) is 9.99. The number of alkyl halides is 5. The van der Waals surface area contributed by atoms with Crippen LogP contribution in [0.5, 0.6) is 0 Å². The van der Waals surface area contributed by atoms with Crippen molar-refractivity contribution in [3.63, 3.8) is 0 Å². The zero-order valence-electron chi connectivity index (χ0n) is 4.58. The molecule has 0 aliphatic heterocycles. The molecule has 0 heterocycles. The number of ether oxygens (including phenoxy) is 1. The largest absolute Gasteiger partial charge is 0.471 e.